The lowest BCUT2D eigenvalue weighted by Crippen LogP contribution is -2.39. The summed E-state index contributed by atoms with van der Waals surface area (Å²) in [5.41, 5.74) is 2.17. The van der Waals surface area contributed by atoms with E-state index in [4.69, 9.17) is 0 Å². The Bertz CT molecular complexity index is 607. The molecule has 0 aliphatic carbocycles. The SMILES string of the molecule is CCNC(=NCC(O)Cc1ccccc1)NCCc1ccccn1.I. The van der Waals surface area contributed by atoms with E-state index in [0.717, 1.165) is 36.7 Å². The van der Waals surface area contributed by atoms with Crippen molar-refractivity contribution in [3.8, 4) is 0 Å². The smallest absolute Gasteiger partial charge is 0.191 e. The second-order valence-electron chi connectivity index (χ2n) is 5.56. The van der Waals surface area contributed by atoms with Crippen LogP contribution in [0.1, 0.15) is 18.2 Å². The highest BCUT2D eigenvalue weighted by atomic mass is 127. The van der Waals surface area contributed by atoms with Crippen molar-refractivity contribution in [3.05, 3.63) is 66.0 Å². The van der Waals surface area contributed by atoms with Crippen LogP contribution in [-0.4, -0.2) is 41.8 Å². The van der Waals surface area contributed by atoms with E-state index in [9.17, 15) is 5.11 Å². The van der Waals surface area contributed by atoms with Crippen LogP contribution >= 0.6 is 24.0 Å². The van der Waals surface area contributed by atoms with Crippen LogP contribution in [0.3, 0.4) is 0 Å². The molecule has 1 heterocycles. The van der Waals surface area contributed by atoms with Crippen LogP contribution in [0.25, 0.3) is 0 Å². The first-order valence-electron chi connectivity index (χ1n) is 8.42. The summed E-state index contributed by atoms with van der Waals surface area (Å²) in [6, 6.07) is 15.9. The highest BCUT2D eigenvalue weighted by molar-refractivity contribution is 14.0. The van der Waals surface area contributed by atoms with Crippen LogP contribution in [0.2, 0.25) is 0 Å². The number of benzene rings is 1. The van der Waals surface area contributed by atoms with Gasteiger partial charge in [-0.3, -0.25) is 9.98 Å². The van der Waals surface area contributed by atoms with Crippen molar-refractivity contribution in [2.24, 2.45) is 4.99 Å². The molecular weight excluding hydrogens is 427 g/mol. The van der Waals surface area contributed by atoms with Gasteiger partial charge in [-0.25, -0.2) is 0 Å². The number of guanidine groups is 1. The van der Waals surface area contributed by atoms with E-state index >= 15 is 0 Å². The van der Waals surface area contributed by atoms with E-state index in [-0.39, 0.29) is 24.0 Å². The van der Waals surface area contributed by atoms with Gasteiger partial charge in [-0.15, -0.1) is 24.0 Å². The highest BCUT2D eigenvalue weighted by Gasteiger charge is 2.05. The van der Waals surface area contributed by atoms with Crippen LogP contribution in [-0.2, 0) is 12.8 Å². The summed E-state index contributed by atoms with van der Waals surface area (Å²) >= 11 is 0. The Balaban J connectivity index is 0.00000312. The second kappa shape index (κ2) is 12.7. The van der Waals surface area contributed by atoms with Gasteiger partial charge in [-0.2, -0.15) is 0 Å². The summed E-state index contributed by atoms with van der Waals surface area (Å²) in [6.45, 7) is 3.92. The second-order valence-corrected chi connectivity index (χ2v) is 5.56. The third-order valence-electron chi connectivity index (χ3n) is 3.52. The first kappa shape index (κ1) is 21.4. The Kier molecular flexibility index (Phi) is 10.8. The average Bonchev–Trinajstić information content (AvgIpc) is 2.61. The molecule has 2 aromatic rings. The summed E-state index contributed by atoms with van der Waals surface area (Å²) < 4.78 is 0. The molecule has 0 aliphatic rings. The fourth-order valence-corrected chi connectivity index (χ4v) is 2.34. The van der Waals surface area contributed by atoms with Gasteiger partial charge in [0.2, 0.25) is 0 Å². The van der Waals surface area contributed by atoms with E-state index in [1.54, 1.807) is 6.20 Å². The van der Waals surface area contributed by atoms with Crippen LogP contribution in [0.5, 0.6) is 0 Å². The summed E-state index contributed by atoms with van der Waals surface area (Å²) in [4.78, 5) is 8.77. The van der Waals surface area contributed by atoms with Crippen molar-refractivity contribution in [2.45, 2.75) is 25.9 Å². The number of aliphatic hydroxyl groups excluding tert-OH is 1. The molecule has 3 N–H and O–H groups in total. The molecule has 0 aliphatic heterocycles. The van der Waals surface area contributed by atoms with Gasteiger partial charge < -0.3 is 15.7 Å². The molecule has 1 aromatic heterocycles. The van der Waals surface area contributed by atoms with E-state index in [1.807, 2.05) is 55.5 Å². The van der Waals surface area contributed by atoms with E-state index < -0.39 is 6.10 Å². The standard InChI is InChI=1S/C19H26N4O.HI/c1-2-20-19(22-13-11-17-10-6-7-12-21-17)23-15-18(24)14-16-8-4-3-5-9-16;/h3-10,12,18,24H,2,11,13-15H2,1H3,(H2,20,22,23);1H. The molecule has 0 saturated carbocycles. The summed E-state index contributed by atoms with van der Waals surface area (Å²) in [6.07, 6.45) is 2.75. The predicted molar refractivity (Wildman–Crippen MR) is 113 cm³/mol. The van der Waals surface area contributed by atoms with Gasteiger partial charge in [0.15, 0.2) is 5.96 Å². The number of aromatic nitrogens is 1. The molecule has 0 saturated heterocycles. The monoisotopic (exact) mass is 454 g/mol. The minimum Gasteiger partial charge on any atom is -0.391 e. The van der Waals surface area contributed by atoms with Crippen molar-refractivity contribution in [2.75, 3.05) is 19.6 Å². The highest BCUT2D eigenvalue weighted by Crippen LogP contribution is 2.03. The Morgan fingerprint density at radius 1 is 1.12 bits per heavy atom. The lowest BCUT2D eigenvalue weighted by molar-refractivity contribution is 0.183. The van der Waals surface area contributed by atoms with Gasteiger partial charge in [0, 0.05) is 37.8 Å². The summed E-state index contributed by atoms with van der Waals surface area (Å²) in [5, 5.41) is 16.6. The maximum Gasteiger partial charge on any atom is 0.191 e. The molecule has 0 bridgehead atoms. The van der Waals surface area contributed by atoms with Crippen LogP contribution in [0, 0.1) is 0 Å². The Hall–Kier alpha value is -1.67. The molecule has 0 amide bonds. The van der Waals surface area contributed by atoms with Gasteiger partial charge in [0.25, 0.3) is 0 Å². The third-order valence-corrected chi connectivity index (χ3v) is 3.52. The molecule has 136 valence electrons. The van der Waals surface area contributed by atoms with Gasteiger partial charge in [-0.05, 0) is 24.6 Å². The fourth-order valence-electron chi connectivity index (χ4n) is 2.34. The first-order chi connectivity index (χ1) is 11.8. The maximum atomic E-state index is 10.2. The normalized spacial score (nSPS) is 12.2. The first-order valence-corrected chi connectivity index (χ1v) is 8.42. The number of nitrogens with zero attached hydrogens (tertiary/aromatic N) is 2. The number of hydrogen-bond donors (Lipinski definition) is 3. The third kappa shape index (κ3) is 8.83. The fraction of sp³-hybridized carbons (Fsp3) is 0.368. The number of aliphatic imine (C=N–C) groups is 1. The van der Waals surface area contributed by atoms with E-state index in [1.165, 1.54) is 0 Å². The molecule has 5 nitrogen and oxygen atoms in total. The quantitative estimate of drug-likeness (QED) is 0.326. The lowest BCUT2D eigenvalue weighted by Gasteiger charge is -2.13. The Morgan fingerprint density at radius 2 is 1.88 bits per heavy atom. The number of rotatable bonds is 8. The van der Waals surface area contributed by atoms with Crippen LogP contribution in [0.15, 0.2) is 59.7 Å². The maximum absolute atomic E-state index is 10.2. The molecular formula is C19H27IN4O. The van der Waals surface area contributed by atoms with Gasteiger partial charge in [0.05, 0.1) is 12.6 Å². The van der Waals surface area contributed by atoms with Gasteiger partial charge in [0.1, 0.15) is 0 Å². The topological polar surface area (TPSA) is 69.5 Å². The van der Waals surface area contributed by atoms with Crippen molar-refractivity contribution in [1.29, 1.82) is 0 Å². The lowest BCUT2D eigenvalue weighted by atomic mass is 10.1. The van der Waals surface area contributed by atoms with Crippen molar-refractivity contribution in [1.82, 2.24) is 15.6 Å². The number of aliphatic hydroxyl groups is 1. The number of hydrogen-bond acceptors (Lipinski definition) is 3. The number of nitrogens with one attached hydrogen (secondary N) is 2. The molecule has 1 atom stereocenters. The van der Waals surface area contributed by atoms with Gasteiger partial charge >= 0.3 is 0 Å². The summed E-state index contributed by atoms with van der Waals surface area (Å²) in [7, 11) is 0. The zero-order valence-electron chi connectivity index (χ0n) is 14.6. The van der Waals surface area contributed by atoms with Crippen LogP contribution in [0.4, 0.5) is 0 Å². The molecule has 0 fully saturated rings. The predicted octanol–water partition coefficient (Wildman–Crippen LogP) is 2.40. The Morgan fingerprint density at radius 3 is 2.56 bits per heavy atom. The zero-order valence-corrected chi connectivity index (χ0v) is 16.9. The molecule has 2 rings (SSSR count). The molecule has 0 spiro atoms. The molecule has 1 unspecified atom stereocenters. The number of pyridine rings is 1. The van der Waals surface area contributed by atoms with Crippen molar-refractivity contribution >= 4 is 29.9 Å². The molecule has 25 heavy (non-hydrogen) atoms. The van der Waals surface area contributed by atoms with Crippen molar-refractivity contribution < 1.29 is 5.11 Å². The summed E-state index contributed by atoms with van der Waals surface area (Å²) in [5.74, 6) is 0.723. The van der Waals surface area contributed by atoms with Gasteiger partial charge in [-0.1, -0.05) is 36.4 Å². The molecule has 1 aromatic carbocycles. The minimum absolute atomic E-state index is 0. The van der Waals surface area contributed by atoms with Crippen LogP contribution < -0.4 is 10.6 Å². The van der Waals surface area contributed by atoms with E-state index in [0.29, 0.717) is 13.0 Å². The molecule has 0 radical (unpaired) electrons. The van der Waals surface area contributed by atoms with E-state index in [2.05, 4.69) is 20.6 Å². The van der Waals surface area contributed by atoms with Crippen molar-refractivity contribution in [3.63, 3.8) is 0 Å². The largest absolute Gasteiger partial charge is 0.391 e. The molecule has 6 heteroatoms. The minimum atomic E-state index is -0.487. The number of halogens is 1. The zero-order chi connectivity index (χ0) is 17.0. The average molecular weight is 454 g/mol. The Labute approximate surface area is 167 Å².